The third-order valence-corrected chi connectivity index (χ3v) is 6.27. The van der Waals surface area contributed by atoms with Crippen molar-refractivity contribution in [3.63, 3.8) is 0 Å². The van der Waals surface area contributed by atoms with E-state index in [0.717, 1.165) is 29.8 Å². The lowest BCUT2D eigenvalue weighted by atomic mass is 9.75. The molecule has 2 aromatic heterocycles. The predicted octanol–water partition coefficient (Wildman–Crippen LogP) is 3.77. The molecule has 2 fully saturated rings. The van der Waals surface area contributed by atoms with Gasteiger partial charge in [0.15, 0.2) is 0 Å². The van der Waals surface area contributed by atoms with Crippen LogP contribution in [0.15, 0.2) is 22.0 Å². The van der Waals surface area contributed by atoms with E-state index >= 15 is 0 Å². The van der Waals surface area contributed by atoms with E-state index in [0.29, 0.717) is 24.6 Å². The summed E-state index contributed by atoms with van der Waals surface area (Å²) in [6, 6.07) is 3.94. The van der Waals surface area contributed by atoms with Gasteiger partial charge in [-0.05, 0) is 36.1 Å². The summed E-state index contributed by atoms with van der Waals surface area (Å²) < 4.78 is 5.29. The highest BCUT2D eigenvalue weighted by molar-refractivity contribution is 7.13. The molecule has 3 heterocycles. The number of amides is 1. The smallest absolute Gasteiger partial charge is 0.227 e. The summed E-state index contributed by atoms with van der Waals surface area (Å²) in [4.78, 5) is 20.0. The highest BCUT2D eigenvalue weighted by Crippen LogP contribution is 2.36. The first-order valence-corrected chi connectivity index (χ1v) is 9.82. The Balaban J connectivity index is 1.30. The van der Waals surface area contributed by atoms with Gasteiger partial charge in [0, 0.05) is 25.9 Å². The molecular weight excluding hydrogens is 322 g/mol. The fourth-order valence-electron chi connectivity index (χ4n) is 4.06. The Morgan fingerprint density at radius 1 is 1.29 bits per heavy atom. The van der Waals surface area contributed by atoms with Gasteiger partial charge in [0.05, 0.1) is 4.88 Å². The average Bonchev–Trinajstić information content (AvgIpc) is 3.30. The maximum atomic E-state index is 12.5. The van der Waals surface area contributed by atoms with Crippen LogP contribution in [0.3, 0.4) is 0 Å². The number of rotatable bonds is 4. The average molecular weight is 345 g/mol. The number of piperidine rings is 1. The van der Waals surface area contributed by atoms with E-state index in [-0.39, 0.29) is 5.91 Å². The topological polar surface area (TPSA) is 59.2 Å². The van der Waals surface area contributed by atoms with Gasteiger partial charge in [-0.25, -0.2) is 0 Å². The summed E-state index contributed by atoms with van der Waals surface area (Å²) in [6.45, 7) is 1.87. The van der Waals surface area contributed by atoms with Crippen LogP contribution in [0.2, 0.25) is 0 Å². The van der Waals surface area contributed by atoms with Crippen LogP contribution in [0.5, 0.6) is 0 Å². The largest absolute Gasteiger partial charge is 0.342 e. The minimum atomic E-state index is 0.231. The van der Waals surface area contributed by atoms with Gasteiger partial charge in [0.2, 0.25) is 17.6 Å². The fraction of sp³-hybridized carbons (Fsp3) is 0.611. The predicted molar refractivity (Wildman–Crippen MR) is 92.6 cm³/mol. The molecule has 1 saturated heterocycles. The van der Waals surface area contributed by atoms with Gasteiger partial charge in [-0.3, -0.25) is 4.79 Å². The van der Waals surface area contributed by atoms with Gasteiger partial charge in [-0.15, -0.1) is 11.3 Å². The Bertz CT molecular complexity index is 682. The van der Waals surface area contributed by atoms with Crippen LogP contribution < -0.4 is 0 Å². The van der Waals surface area contributed by atoms with Crippen molar-refractivity contribution in [1.82, 2.24) is 15.0 Å². The van der Waals surface area contributed by atoms with Crippen molar-refractivity contribution in [1.29, 1.82) is 0 Å². The first-order valence-electron chi connectivity index (χ1n) is 8.94. The van der Waals surface area contributed by atoms with E-state index in [1.54, 1.807) is 11.3 Å². The van der Waals surface area contributed by atoms with Crippen LogP contribution in [0.4, 0.5) is 0 Å². The molecule has 1 aliphatic heterocycles. The maximum absolute atomic E-state index is 12.5. The third kappa shape index (κ3) is 3.38. The first kappa shape index (κ1) is 15.8. The molecular formula is C18H23N3O2S. The molecule has 0 radical (unpaired) electrons. The second-order valence-electron chi connectivity index (χ2n) is 6.92. The van der Waals surface area contributed by atoms with Crippen LogP contribution in [0, 0.1) is 11.8 Å². The number of carbonyl (C=O) groups is 1. The first-order chi connectivity index (χ1) is 11.8. The van der Waals surface area contributed by atoms with Crippen molar-refractivity contribution < 1.29 is 9.32 Å². The Morgan fingerprint density at radius 3 is 3.00 bits per heavy atom. The number of thiophene rings is 1. The second-order valence-corrected chi connectivity index (χ2v) is 7.87. The molecule has 128 valence electrons. The molecule has 0 aromatic carbocycles. The van der Waals surface area contributed by atoms with Gasteiger partial charge in [-0.2, -0.15) is 4.98 Å². The van der Waals surface area contributed by atoms with E-state index in [4.69, 9.17) is 4.52 Å². The summed E-state index contributed by atoms with van der Waals surface area (Å²) >= 11 is 1.59. The standard InChI is InChI=1S/C18H23N3O2S/c22-17(21-10-9-13-4-1-2-5-14(13)12-21)8-7-16-19-18(20-23-16)15-6-3-11-24-15/h3,6,11,13-14H,1-2,4-5,7-10,12H2/t13-,14+/m0/s1. The lowest BCUT2D eigenvalue weighted by Crippen LogP contribution is -2.44. The number of hydrogen-bond donors (Lipinski definition) is 0. The van der Waals surface area contributed by atoms with Gasteiger partial charge in [-0.1, -0.05) is 30.5 Å². The molecule has 4 rings (SSSR count). The lowest BCUT2D eigenvalue weighted by Gasteiger charge is -2.41. The maximum Gasteiger partial charge on any atom is 0.227 e. The fourth-order valence-corrected chi connectivity index (χ4v) is 4.71. The zero-order valence-corrected chi connectivity index (χ0v) is 14.6. The highest BCUT2D eigenvalue weighted by atomic mass is 32.1. The Labute approximate surface area is 146 Å². The minimum Gasteiger partial charge on any atom is -0.342 e. The minimum absolute atomic E-state index is 0.231. The van der Waals surface area contributed by atoms with Crippen molar-refractivity contribution in [2.75, 3.05) is 13.1 Å². The van der Waals surface area contributed by atoms with Crippen molar-refractivity contribution in [3.05, 3.63) is 23.4 Å². The van der Waals surface area contributed by atoms with Gasteiger partial charge < -0.3 is 9.42 Å². The monoisotopic (exact) mass is 345 g/mol. The summed E-state index contributed by atoms with van der Waals surface area (Å²) in [5.41, 5.74) is 0. The van der Waals surface area contributed by atoms with Gasteiger partial charge >= 0.3 is 0 Å². The number of hydrogen-bond acceptors (Lipinski definition) is 5. The van der Waals surface area contributed by atoms with Gasteiger partial charge in [0.25, 0.3) is 0 Å². The SMILES string of the molecule is O=C(CCc1nc(-c2cccs2)no1)N1CC[C@@H]2CCCC[C@@H]2C1. The van der Waals surface area contributed by atoms with E-state index in [1.165, 1.54) is 32.1 Å². The molecule has 0 N–H and O–H groups in total. The number of carbonyl (C=O) groups excluding carboxylic acids is 1. The second kappa shape index (κ2) is 7.05. The quantitative estimate of drug-likeness (QED) is 0.846. The Hall–Kier alpha value is -1.69. The molecule has 6 heteroatoms. The Kier molecular flexibility index (Phi) is 4.65. The summed E-state index contributed by atoms with van der Waals surface area (Å²) in [5, 5.41) is 5.99. The molecule has 1 saturated carbocycles. The molecule has 0 bridgehead atoms. The Morgan fingerprint density at radius 2 is 2.17 bits per heavy atom. The zero-order chi connectivity index (χ0) is 16.4. The summed E-state index contributed by atoms with van der Waals surface area (Å²) in [5.74, 6) is 2.99. The number of aromatic nitrogens is 2. The summed E-state index contributed by atoms with van der Waals surface area (Å²) in [6.07, 6.45) is 7.53. The molecule has 2 atom stereocenters. The van der Waals surface area contributed by atoms with E-state index in [1.807, 2.05) is 17.5 Å². The van der Waals surface area contributed by atoms with Crippen LogP contribution in [0.25, 0.3) is 10.7 Å². The molecule has 0 spiro atoms. The van der Waals surface area contributed by atoms with Crippen molar-refractivity contribution in [3.8, 4) is 10.7 Å². The van der Waals surface area contributed by atoms with Crippen LogP contribution in [-0.4, -0.2) is 34.0 Å². The summed E-state index contributed by atoms with van der Waals surface area (Å²) in [7, 11) is 0. The normalized spacial score (nSPS) is 23.9. The molecule has 0 unspecified atom stereocenters. The van der Waals surface area contributed by atoms with Crippen LogP contribution >= 0.6 is 11.3 Å². The van der Waals surface area contributed by atoms with Crippen molar-refractivity contribution in [2.24, 2.45) is 11.8 Å². The molecule has 1 amide bonds. The molecule has 5 nitrogen and oxygen atoms in total. The molecule has 2 aromatic rings. The van der Waals surface area contributed by atoms with E-state index in [9.17, 15) is 4.79 Å². The number of nitrogens with zero attached hydrogens (tertiary/aromatic N) is 3. The third-order valence-electron chi connectivity index (χ3n) is 5.41. The molecule has 1 aliphatic carbocycles. The number of likely N-dealkylation sites (tertiary alicyclic amines) is 1. The highest BCUT2D eigenvalue weighted by Gasteiger charge is 2.32. The van der Waals surface area contributed by atoms with Crippen LogP contribution in [-0.2, 0) is 11.2 Å². The van der Waals surface area contributed by atoms with Crippen LogP contribution in [0.1, 0.15) is 44.4 Å². The number of fused-ring (bicyclic) bond motifs is 1. The zero-order valence-electron chi connectivity index (χ0n) is 13.8. The number of aryl methyl sites for hydroxylation is 1. The lowest BCUT2D eigenvalue weighted by molar-refractivity contribution is -0.134. The van der Waals surface area contributed by atoms with E-state index in [2.05, 4.69) is 15.0 Å². The van der Waals surface area contributed by atoms with Crippen molar-refractivity contribution in [2.45, 2.75) is 44.9 Å². The van der Waals surface area contributed by atoms with E-state index < -0.39 is 0 Å². The molecule has 24 heavy (non-hydrogen) atoms. The van der Waals surface area contributed by atoms with Gasteiger partial charge in [0.1, 0.15) is 0 Å². The molecule has 2 aliphatic rings. The van der Waals surface area contributed by atoms with Crippen molar-refractivity contribution >= 4 is 17.2 Å².